The fourth-order valence-electron chi connectivity index (χ4n) is 5.24. The average molecular weight is 513 g/mol. The van der Waals surface area contributed by atoms with E-state index in [1.807, 2.05) is 45.0 Å². The van der Waals surface area contributed by atoms with Crippen molar-refractivity contribution in [3.8, 4) is 11.8 Å². The van der Waals surface area contributed by atoms with Gasteiger partial charge in [0.05, 0.1) is 7.11 Å². The summed E-state index contributed by atoms with van der Waals surface area (Å²) in [5.74, 6) is 5.60. The zero-order valence-corrected chi connectivity index (χ0v) is 23.1. The maximum atomic E-state index is 13.6. The number of nitrogens with zero attached hydrogens (tertiary/aromatic N) is 1. The number of rotatable bonds is 4. The predicted octanol–water partition coefficient (Wildman–Crippen LogP) is 4.82. The molecular formula is C29H40N2O6. The zero-order chi connectivity index (χ0) is 27.4. The second-order valence-electron chi connectivity index (χ2n) is 11.3. The smallest absolute Gasteiger partial charge is 0.409 e. The van der Waals surface area contributed by atoms with Gasteiger partial charge in [0.2, 0.25) is 0 Å². The quantitative estimate of drug-likeness (QED) is 0.353. The lowest BCUT2D eigenvalue weighted by Crippen LogP contribution is -2.55. The minimum atomic E-state index is -1.10. The summed E-state index contributed by atoms with van der Waals surface area (Å²) >= 11 is 0. The van der Waals surface area contributed by atoms with Gasteiger partial charge in [0.25, 0.3) is 0 Å². The second-order valence-corrected chi connectivity index (χ2v) is 11.3. The Morgan fingerprint density at radius 1 is 1.19 bits per heavy atom. The van der Waals surface area contributed by atoms with E-state index in [-0.39, 0.29) is 24.0 Å². The van der Waals surface area contributed by atoms with Crippen molar-refractivity contribution in [3.63, 3.8) is 0 Å². The maximum absolute atomic E-state index is 13.6. The Morgan fingerprint density at radius 2 is 1.92 bits per heavy atom. The number of nitrogens with one attached hydrogen (secondary N) is 1. The molecule has 37 heavy (non-hydrogen) atoms. The summed E-state index contributed by atoms with van der Waals surface area (Å²) in [5, 5.41) is 2.69. The molecule has 1 N–H and O–H groups in total. The standard InChI is InChI=1S/C29H40N2O6/c1-19(2)24(30-26(33)37-28(4,5)6)25(32)36-29(16-13-21-11-8-10-20(3)18-21)15-9-12-23-22(29)14-17-31(23)27(34)35-7/h8,10-11,18-19,22-24H,9,12,14-15,17H2,1-7H3,(H,30,33)/t22-,23-,24-,29+/m0/s1. The van der Waals surface area contributed by atoms with Crippen LogP contribution in [-0.2, 0) is 19.0 Å². The van der Waals surface area contributed by atoms with Gasteiger partial charge in [-0.25, -0.2) is 14.4 Å². The normalized spacial score (nSPS) is 23.8. The largest absolute Gasteiger partial charge is 0.453 e. The van der Waals surface area contributed by atoms with E-state index >= 15 is 0 Å². The lowest BCUT2D eigenvalue weighted by molar-refractivity contribution is -0.166. The molecule has 1 aliphatic heterocycles. The topological polar surface area (TPSA) is 94.2 Å². The molecule has 1 heterocycles. The molecule has 0 spiro atoms. The van der Waals surface area contributed by atoms with E-state index in [4.69, 9.17) is 14.2 Å². The molecule has 202 valence electrons. The molecule has 8 nitrogen and oxygen atoms in total. The number of hydrogen-bond donors (Lipinski definition) is 1. The maximum Gasteiger partial charge on any atom is 0.409 e. The number of carbonyl (C=O) groups is 3. The number of hydrogen-bond acceptors (Lipinski definition) is 6. The van der Waals surface area contributed by atoms with Gasteiger partial charge < -0.3 is 24.4 Å². The SMILES string of the molecule is COC(=O)N1CC[C@H]2[C@@H]1CCC[C@]2(C#Cc1cccc(C)c1)OC(=O)[C@@H](NC(=O)OC(C)(C)C)C(C)C. The van der Waals surface area contributed by atoms with Gasteiger partial charge >= 0.3 is 18.2 Å². The Labute approximate surface area is 220 Å². The molecule has 2 amide bonds. The lowest BCUT2D eigenvalue weighted by atomic mass is 9.72. The first-order valence-corrected chi connectivity index (χ1v) is 13.0. The minimum Gasteiger partial charge on any atom is -0.453 e. The van der Waals surface area contributed by atoms with Crippen LogP contribution >= 0.6 is 0 Å². The molecule has 8 heteroatoms. The molecule has 0 unspecified atom stereocenters. The van der Waals surface area contributed by atoms with Crippen LogP contribution in [0.15, 0.2) is 24.3 Å². The molecule has 1 aromatic rings. The third-order valence-electron chi connectivity index (χ3n) is 6.91. The zero-order valence-electron chi connectivity index (χ0n) is 23.1. The van der Waals surface area contributed by atoms with Gasteiger partial charge in [0, 0.05) is 24.1 Å². The molecule has 1 saturated heterocycles. The van der Waals surface area contributed by atoms with Crippen molar-refractivity contribution in [1.82, 2.24) is 10.2 Å². The molecule has 0 radical (unpaired) electrons. The number of alkyl carbamates (subject to hydrolysis) is 1. The van der Waals surface area contributed by atoms with Gasteiger partial charge in [0.15, 0.2) is 5.60 Å². The Bertz CT molecular complexity index is 1070. The van der Waals surface area contributed by atoms with Gasteiger partial charge in [-0.2, -0.15) is 0 Å². The van der Waals surface area contributed by atoms with Crippen LogP contribution in [0.5, 0.6) is 0 Å². The molecule has 2 aliphatic rings. The van der Waals surface area contributed by atoms with E-state index in [2.05, 4.69) is 17.2 Å². The predicted molar refractivity (Wildman–Crippen MR) is 140 cm³/mol. The van der Waals surface area contributed by atoms with E-state index in [1.54, 1.807) is 25.7 Å². The minimum absolute atomic E-state index is 0.142. The highest BCUT2D eigenvalue weighted by Gasteiger charge is 2.54. The number of carbonyl (C=O) groups excluding carboxylic acids is 3. The molecule has 0 aromatic heterocycles. The van der Waals surface area contributed by atoms with Crippen LogP contribution in [0.4, 0.5) is 9.59 Å². The average Bonchev–Trinajstić information content (AvgIpc) is 3.25. The number of methoxy groups -OCH3 is 1. The van der Waals surface area contributed by atoms with Crippen molar-refractivity contribution in [3.05, 3.63) is 35.4 Å². The van der Waals surface area contributed by atoms with Crippen LogP contribution in [0.1, 0.15) is 71.4 Å². The van der Waals surface area contributed by atoms with Crippen LogP contribution in [0.3, 0.4) is 0 Å². The van der Waals surface area contributed by atoms with Crippen LogP contribution in [0.25, 0.3) is 0 Å². The molecular weight excluding hydrogens is 472 g/mol. The summed E-state index contributed by atoms with van der Waals surface area (Å²) < 4.78 is 16.7. The molecule has 1 saturated carbocycles. The molecule has 3 rings (SSSR count). The van der Waals surface area contributed by atoms with E-state index in [0.29, 0.717) is 19.4 Å². The number of benzene rings is 1. The fourth-order valence-corrected chi connectivity index (χ4v) is 5.24. The number of esters is 1. The van der Waals surface area contributed by atoms with Crippen LogP contribution in [0.2, 0.25) is 0 Å². The van der Waals surface area contributed by atoms with Gasteiger partial charge in [0.1, 0.15) is 11.6 Å². The number of ether oxygens (including phenoxy) is 3. The van der Waals surface area contributed by atoms with E-state index in [0.717, 1.165) is 24.0 Å². The van der Waals surface area contributed by atoms with Crippen LogP contribution in [0, 0.1) is 30.6 Å². The van der Waals surface area contributed by atoms with Crippen molar-refractivity contribution in [1.29, 1.82) is 0 Å². The number of likely N-dealkylation sites (tertiary alicyclic amines) is 1. The first-order valence-electron chi connectivity index (χ1n) is 13.0. The van der Waals surface area contributed by atoms with E-state index in [1.165, 1.54) is 7.11 Å². The van der Waals surface area contributed by atoms with Crippen LogP contribution < -0.4 is 5.32 Å². The first-order chi connectivity index (χ1) is 17.3. The third kappa shape index (κ3) is 6.97. The van der Waals surface area contributed by atoms with Gasteiger partial charge in [-0.3, -0.25) is 0 Å². The molecule has 4 atom stereocenters. The van der Waals surface area contributed by atoms with Crippen molar-refractivity contribution in [2.75, 3.05) is 13.7 Å². The second kappa shape index (κ2) is 11.5. The highest BCUT2D eigenvalue weighted by atomic mass is 16.6. The summed E-state index contributed by atoms with van der Waals surface area (Å²) in [4.78, 5) is 40.3. The summed E-state index contributed by atoms with van der Waals surface area (Å²) in [6.07, 6.45) is 1.65. The molecule has 2 fully saturated rings. The number of amides is 2. The Kier molecular flexibility index (Phi) is 8.78. The van der Waals surface area contributed by atoms with Gasteiger partial charge in [-0.05, 0) is 82.9 Å². The highest BCUT2D eigenvalue weighted by Crippen LogP contribution is 2.45. The Balaban J connectivity index is 1.95. The molecule has 0 bridgehead atoms. The van der Waals surface area contributed by atoms with Crippen molar-refractivity contribution in [2.24, 2.45) is 11.8 Å². The van der Waals surface area contributed by atoms with Crippen molar-refractivity contribution in [2.45, 2.75) is 90.5 Å². The van der Waals surface area contributed by atoms with Crippen molar-refractivity contribution < 1.29 is 28.6 Å². The monoisotopic (exact) mass is 512 g/mol. The van der Waals surface area contributed by atoms with Gasteiger partial charge in [-0.15, -0.1) is 0 Å². The summed E-state index contributed by atoms with van der Waals surface area (Å²) in [7, 11) is 1.37. The summed E-state index contributed by atoms with van der Waals surface area (Å²) in [6.45, 7) is 11.5. The molecule has 1 aromatic carbocycles. The molecule has 1 aliphatic carbocycles. The number of aryl methyl sites for hydroxylation is 1. The fraction of sp³-hybridized carbons (Fsp3) is 0.621. The third-order valence-corrected chi connectivity index (χ3v) is 6.91. The van der Waals surface area contributed by atoms with Gasteiger partial charge in [-0.1, -0.05) is 31.9 Å². The van der Waals surface area contributed by atoms with Crippen LogP contribution in [-0.4, -0.2) is 60.0 Å². The Morgan fingerprint density at radius 3 is 2.54 bits per heavy atom. The lowest BCUT2D eigenvalue weighted by Gasteiger charge is -2.43. The Hall–Kier alpha value is -3.21. The van der Waals surface area contributed by atoms with E-state index in [9.17, 15) is 14.4 Å². The summed E-state index contributed by atoms with van der Waals surface area (Å²) in [6, 6.07) is 6.79. The van der Waals surface area contributed by atoms with E-state index < -0.39 is 29.3 Å². The highest BCUT2D eigenvalue weighted by molar-refractivity contribution is 5.82. The van der Waals surface area contributed by atoms with Crippen molar-refractivity contribution >= 4 is 18.2 Å². The first kappa shape index (κ1) is 28.4. The summed E-state index contributed by atoms with van der Waals surface area (Å²) in [5.41, 5.74) is 0.106. The number of fused-ring (bicyclic) bond motifs is 1.